The van der Waals surface area contributed by atoms with Gasteiger partial charge in [0.25, 0.3) is 0 Å². The number of ether oxygens (including phenoxy) is 1. The van der Waals surface area contributed by atoms with Crippen LogP contribution in [0.1, 0.15) is 54.5 Å². The van der Waals surface area contributed by atoms with Gasteiger partial charge in [0.2, 0.25) is 5.88 Å². The van der Waals surface area contributed by atoms with Crippen LogP contribution in [0.15, 0.2) is 49.1 Å². The van der Waals surface area contributed by atoms with Gasteiger partial charge in [-0.05, 0) is 43.2 Å². The summed E-state index contributed by atoms with van der Waals surface area (Å²) in [6.45, 7) is 0. The first-order valence-electron chi connectivity index (χ1n) is 10.5. The Labute approximate surface area is 169 Å². The number of hydrogen-bond acceptors (Lipinski definition) is 3. The first-order chi connectivity index (χ1) is 14.3. The minimum Gasteiger partial charge on any atom is -0.481 e. The van der Waals surface area contributed by atoms with E-state index < -0.39 is 0 Å². The van der Waals surface area contributed by atoms with Gasteiger partial charge >= 0.3 is 0 Å². The normalized spacial score (nSPS) is 18.7. The molecule has 0 spiro atoms. The van der Waals surface area contributed by atoms with Crippen molar-refractivity contribution in [1.82, 2.24) is 19.5 Å². The molecule has 146 valence electrons. The number of nitrogens with one attached hydrogen (secondary N) is 1. The summed E-state index contributed by atoms with van der Waals surface area (Å²) < 4.78 is 7.83. The van der Waals surface area contributed by atoms with Crippen LogP contribution in [-0.2, 0) is 6.42 Å². The molecule has 5 heteroatoms. The molecule has 1 atom stereocenters. The lowest BCUT2D eigenvalue weighted by Crippen LogP contribution is -2.17. The monoisotopic (exact) mass is 384 g/mol. The Bertz CT molecular complexity index is 1200. The van der Waals surface area contributed by atoms with Gasteiger partial charge in [0.15, 0.2) is 0 Å². The van der Waals surface area contributed by atoms with Gasteiger partial charge in [-0.3, -0.25) is 0 Å². The van der Waals surface area contributed by atoms with Crippen LogP contribution in [0.3, 0.4) is 0 Å². The summed E-state index contributed by atoms with van der Waals surface area (Å²) in [5.41, 5.74) is 7.64. The third kappa shape index (κ3) is 2.68. The number of nitrogens with zero attached hydrogens (tertiary/aromatic N) is 3. The van der Waals surface area contributed by atoms with Gasteiger partial charge in [0, 0.05) is 29.1 Å². The van der Waals surface area contributed by atoms with Crippen molar-refractivity contribution in [2.24, 2.45) is 0 Å². The third-order valence-electron chi connectivity index (χ3n) is 6.46. The Balaban J connectivity index is 1.57. The average molecular weight is 384 g/mol. The largest absolute Gasteiger partial charge is 0.481 e. The zero-order valence-corrected chi connectivity index (χ0v) is 16.6. The molecule has 0 radical (unpaired) electrons. The Morgan fingerprint density at radius 2 is 2.03 bits per heavy atom. The highest BCUT2D eigenvalue weighted by atomic mass is 16.5. The number of benzene rings is 1. The molecule has 0 amide bonds. The van der Waals surface area contributed by atoms with Crippen molar-refractivity contribution in [2.75, 3.05) is 7.11 Å². The summed E-state index contributed by atoms with van der Waals surface area (Å²) in [4.78, 5) is 12.7. The Kier molecular flexibility index (Phi) is 3.76. The van der Waals surface area contributed by atoms with Gasteiger partial charge in [-0.15, -0.1) is 0 Å². The minimum absolute atomic E-state index is 0.337. The summed E-state index contributed by atoms with van der Waals surface area (Å²) >= 11 is 0. The number of rotatable bonds is 4. The third-order valence-corrected chi connectivity index (χ3v) is 6.46. The quantitative estimate of drug-likeness (QED) is 0.524. The average Bonchev–Trinajstić information content (AvgIpc) is 3.39. The lowest BCUT2D eigenvalue weighted by Gasteiger charge is -2.28. The molecule has 4 aromatic rings. The molecule has 5 nitrogen and oxygen atoms in total. The summed E-state index contributed by atoms with van der Waals surface area (Å²) in [7, 11) is 1.67. The maximum Gasteiger partial charge on any atom is 0.213 e. The van der Waals surface area contributed by atoms with Crippen LogP contribution in [0.25, 0.3) is 22.2 Å². The number of aryl methyl sites for hydroxylation is 1. The summed E-state index contributed by atoms with van der Waals surface area (Å²) in [6, 6.07) is 11.3. The second-order valence-electron chi connectivity index (χ2n) is 8.24. The highest BCUT2D eigenvalue weighted by Gasteiger charge is 2.33. The zero-order valence-electron chi connectivity index (χ0n) is 16.6. The molecular formula is C24H24N4O. The number of aromatic amines is 1. The Morgan fingerprint density at radius 1 is 1.14 bits per heavy atom. The molecule has 1 fully saturated rings. The maximum atomic E-state index is 5.40. The highest BCUT2D eigenvalue weighted by molar-refractivity contribution is 5.95. The summed E-state index contributed by atoms with van der Waals surface area (Å²) in [5, 5.41) is 1.14. The molecule has 1 N–H and O–H groups in total. The number of hydrogen-bond donors (Lipinski definition) is 1. The van der Waals surface area contributed by atoms with E-state index >= 15 is 0 Å². The van der Waals surface area contributed by atoms with Crippen molar-refractivity contribution < 1.29 is 4.74 Å². The Hall–Kier alpha value is -3.08. The number of methoxy groups -OCH3 is 1. The first kappa shape index (κ1) is 16.8. The maximum absolute atomic E-state index is 5.40. The van der Waals surface area contributed by atoms with Gasteiger partial charge in [0.05, 0.1) is 42.6 Å². The molecule has 3 aromatic heterocycles. The van der Waals surface area contributed by atoms with Gasteiger partial charge < -0.3 is 14.3 Å². The van der Waals surface area contributed by atoms with E-state index in [0.717, 1.165) is 17.3 Å². The SMILES string of the molecule is COc1cc2c(-c3c(C4CC4)ncn3C3CCCc4ccccc43)c[nH]c2cn1. The summed E-state index contributed by atoms with van der Waals surface area (Å²) in [6.07, 6.45) is 12.0. The van der Waals surface area contributed by atoms with Crippen LogP contribution in [0.2, 0.25) is 0 Å². The fraction of sp³-hybridized carbons (Fsp3) is 0.333. The first-order valence-corrected chi connectivity index (χ1v) is 10.5. The van der Waals surface area contributed by atoms with Crippen LogP contribution >= 0.6 is 0 Å². The van der Waals surface area contributed by atoms with E-state index in [2.05, 4.69) is 51.3 Å². The standard InChI is InChI=1S/C24H24N4O/c1-29-22-11-18-19(12-25-20(18)13-26-22)24-23(16-9-10-16)27-14-28(24)21-8-4-6-15-5-2-3-7-17(15)21/h2-3,5,7,11-14,16,21,25H,4,6,8-10H2,1H3. The fourth-order valence-corrected chi connectivity index (χ4v) is 4.87. The van der Waals surface area contributed by atoms with Gasteiger partial charge in [-0.1, -0.05) is 24.3 Å². The van der Waals surface area contributed by atoms with Crippen LogP contribution in [-0.4, -0.2) is 26.6 Å². The van der Waals surface area contributed by atoms with E-state index in [1.807, 2.05) is 12.3 Å². The predicted octanol–water partition coefficient (Wildman–Crippen LogP) is 5.24. The zero-order chi connectivity index (χ0) is 19.4. The van der Waals surface area contributed by atoms with E-state index in [-0.39, 0.29) is 0 Å². The number of fused-ring (bicyclic) bond motifs is 2. The van der Waals surface area contributed by atoms with E-state index in [0.29, 0.717) is 17.8 Å². The number of aromatic nitrogens is 4. The van der Waals surface area contributed by atoms with Crippen molar-refractivity contribution in [1.29, 1.82) is 0 Å². The molecule has 0 bridgehead atoms. The van der Waals surface area contributed by atoms with E-state index in [1.165, 1.54) is 53.8 Å². The van der Waals surface area contributed by atoms with Gasteiger partial charge in [-0.25, -0.2) is 9.97 Å². The number of imidazole rings is 1. The molecule has 2 aliphatic carbocycles. The molecule has 1 unspecified atom stereocenters. The van der Waals surface area contributed by atoms with Gasteiger partial charge in [-0.2, -0.15) is 0 Å². The van der Waals surface area contributed by atoms with Crippen molar-refractivity contribution in [2.45, 2.75) is 44.1 Å². The topological polar surface area (TPSA) is 55.7 Å². The lowest BCUT2D eigenvalue weighted by atomic mass is 9.87. The smallest absolute Gasteiger partial charge is 0.213 e. The Morgan fingerprint density at radius 3 is 2.90 bits per heavy atom. The van der Waals surface area contributed by atoms with Gasteiger partial charge in [0.1, 0.15) is 0 Å². The van der Waals surface area contributed by atoms with Crippen LogP contribution < -0.4 is 4.74 Å². The molecule has 1 saturated carbocycles. The molecule has 3 heterocycles. The molecule has 0 saturated heterocycles. The van der Waals surface area contributed by atoms with E-state index in [1.54, 1.807) is 7.11 Å². The van der Waals surface area contributed by atoms with Crippen LogP contribution in [0.4, 0.5) is 0 Å². The molecule has 6 rings (SSSR count). The lowest BCUT2D eigenvalue weighted by molar-refractivity contribution is 0.399. The van der Waals surface area contributed by atoms with Crippen molar-refractivity contribution >= 4 is 10.9 Å². The second-order valence-corrected chi connectivity index (χ2v) is 8.24. The van der Waals surface area contributed by atoms with Crippen molar-refractivity contribution in [3.63, 3.8) is 0 Å². The summed E-state index contributed by atoms with van der Waals surface area (Å²) in [5.74, 6) is 1.22. The molecular weight excluding hydrogens is 360 g/mol. The van der Waals surface area contributed by atoms with Crippen LogP contribution in [0.5, 0.6) is 5.88 Å². The van der Waals surface area contributed by atoms with Crippen LogP contribution in [0, 0.1) is 0 Å². The molecule has 0 aliphatic heterocycles. The predicted molar refractivity (Wildman–Crippen MR) is 113 cm³/mol. The molecule has 2 aliphatic rings. The van der Waals surface area contributed by atoms with Crippen molar-refractivity contribution in [3.8, 4) is 17.1 Å². The fourth-order valence-electron chi connectivity index (χ4n) is 4.87. The van der Waals surface area contributed by atoms with E-state index in [4.69, 9.17) is 9.72 Å². The highest BCUT2D eigenvalue weighted by Crippen LogP contribution is 2.47. The molecule has 29 heavy (non-hydrogen) atoms. The molecule has 1 aromatic carbocycles. The van der Waals surface area contributed by atoms with Crippen molar-refractivity contribution in [3.05, 3.63) is 65.9 Å². The number of H-pyrrole nitrogens is 1. The van der Waals surface area contributed by atoms with E-state index in [9.17, 15) is 0 Å². The second kappa shape index (κ2) is 6.48. The minimum atomic E-state index is 0.337. The number of pyridine rings is 1.